The Morgan fingerprint density at radius 1 is 1.25 bits per heavy atom. The molecule has 62 valence electrons. The Hall–Kier alpha value is -1.35. The highest BCUT2D eigenvalue weighted by atomic mass is 16.2. The Morgan fingerprint density at radius 2 is 2.00 bits per heavy atom. The largest absolute Gasteiger partial charge is 0.291 e. The van der Waals surface area contributed by atoms with E-state index in [1.807, 2.05) is 30.3 Å². The van der Waals surface area contributed by atoms with E-state index in [0.29, 0.717) is 6.54 Å². The molecule has 0 unspecified atom stereocenters. The maximum absolute atomic E-state index is 11.2. The first-order chi connectivity index (χ1) is 5.88. The molecule has 1 aromatic rings. The molecule has 1 saturated heterocycles. The molecule has 1 atom stereocenters. The molecule has 1 heterocycles. The molecule has 3 heteroatoms. The van der Waals surface area contributed by atoms with E-state index in [2.05, 4.69) is 10.9 Å². The van der Waals surface area contributed by atoms with Crippen LogP contribution >= 0.6 is 0 Å². The lowest BCUT2D eigenvalue weighted by molar-refractivity contribution is -0.120. The topological polar surface area (TPSA) is 41.1 Å². The van der Waals surface area contributed by atoms with Crippen LogP contribution in [0.15, 0.2) is 30.3 Å². The fourth-order valence-corrected chi connectivity index (χ4v) is 1.37. The number of nitrogens with one attached hydrogen (secondary N) is 2. The van der Waals surface area contributed by atoms with Crippen molar-refractivity contribution in [2.75, 3.05) is 6.54 Å². The van der Waals surface area contributed by atoms with Crippen LogP contribution < -0.4 is 10.9 Å². The number of benzene rings is 1. The van der Waals surface area contributed by atoms with Crippen molar-refractivity contribution in [1.29, 1.82) is 0 Å². The number of hydrogen-bond donors (Lipinski definition) is 2. The fourth-order valence-electron chi connectivity index (χ4n) is 1.37. The van der Waals surface area contributed by atoms with Gasteiger partial charge in [0.05, 0.1) is 5.92 Å². The zero-order valence-corrected chi connectivity index (χ0v) is 6.58. The SMILES string of the molecule is O=C1NNC[C@@H]1c1ccccc1. The van der Waals surface area contributed by atoms with Crippen molar-refractivity contribution in [3.63, 3.8) is 0 Å². The number of carbonyl (C=O) groups is 1. The third-order valence-electron chi connectivity index (χ3n) is 2.04. The molecule has 1 amide bonds. The molecular formula is C9H10N2O. The van der Waals surface area contributed by atoms with Gasteiger partial charge in [0.25, 0.3) is 0 Å². The Kier molecular flexibility index (Phi) is 1.80. The van der Waals surface area contributed by atoms with Gasteiger partial charge in [-0.2, -0.15) is 0 Å². The molecule has 1 fully saturated rings. The van der Waals surface area contributed by atoms with E-state index in [1.54, 1.807) is 0 Å². The molecule has 0 aliphatic carbocycles. The molecule has 1 aliphatic rings. The first-order valence-electron chi connectivity index (χ1n) is 3.95. The third-order valence-corrected chi connectivity index (χ3v) is 2.04. The molecule has 0 aromatic heterocycles. The summed E-state index contributed by atoms with van der Waals surface area (Å²) in [5.41, 5.74) is 6.47. The van der Waals surface area contributed by atoms with E-state index in [0.717, 1.165) is 5.56 Å². The molecule has 2 N–H and O–H groups in total. The van der Waals surface area contributed by atoms with Crippen LogP contribution in [-0.4, -0.2) is 12.5 Å². The summed E-state index contributed by atoms with van der Waals surface area (Å²) < 4.78 is 0. The summed E-state index contributed by atoms with van der Waals surface area (Å²) in [6, 6.07) is 9.78. The average Bonchev–Trinajstić information content (AvgIpc) is 2.53. The van der Waals surface area contributed by atoms with Gasteiger partial charge in [0.15, 0.2) is 0 Å². The van der Waals surface area contributed by atoms with Crippen molar-refractivity contribution in [2.45, 2.75) is 5.92 Å². The number of hydrazine groups is 1. The first-order valence-corrected chi connectivity index (χ1v) is 3.95. The fraction of sp³-hybridized carbons (Fsp3) is 0.222. The minimum atomic E-state index is -0.0220. The molecule has 12 heavy (non-hydrogen) atoms. The molecule has 0 saturated carbocycles. The van der Waals surface area contributed by atoms with E-state index < -0.39 is 0 Å². The Balaban J connectivity index is 2.25. The van der Waals surface area contributed by atoms with Crippen LogP contribution in [-0.2, 0) is 4.79 Å². The van der Waals surface area contributed by atoms with Gasteiger partial charge in [0.1, 0.15) is 0 Å². The molecule has 0 radical (unpaired) electrons. The van der Waals surface area contributed by atoms with E-state index in [9.17, 15) is 4.79 Å². The molecular weight excluding hydrogens is 152 g/mol. The molecule has 3 nitrogen and oxygen atoms in total. The number of carbonyl (C=O) groups excluding carboxylic acids is 1. The van der Waals surface area contributed by atoms with Crippen molar-refractivity contribution in [3.8, 4) is 0 Å². The molecule has 1 aliphatic heterocycles. The standard InChI is InChI=1S/C9H10N2O/c12-9-8(6-10-11-9)7-4-2-1-3-5-7/h1-5,8,10H,6H2,(H,11,12)/t8-/m1/s1. The minimum absolute atomic E-state index is 0.0220. The summed E-state index contributed by atoms with van der Waals surface area (Å²) in [6.45, 7) is 0.683. The van der Waals surface area contributed by atoms with Gasteiger partial charge >= 0.3 is 0 Å². The Morgan fingerprint density at radius 3 is 2.58 bits per heavy atom. The summed E-state index contributed by atoms with van der Waals surface area (Å²) in [7, 11) is 0. The van der Waals surface area contributed by atoms with Crippen molar-refractivity contribution < 1.29 is 4.79 Å². The summed E-state index contributed by atoms with van der Waals surface area (Å²) in [5.74, 6) is 0.0346. The van der Waals surface area contributed by atoms with E-state index in [-0.39, 0.29) is 11.8 Å². The summed E-state index contributed by atoms with van der Waals surface area (Å²) >= 11 is 0. The maximum atomic E-state index is 11.2. The van der Waals surface area contributed by atoms with Gasteiger partial charge < -0.3 is 0 Å². The van der Waals surface area contributed by atoms with E-state index in [4.69, 9.17) is 0 Å². The van der Waals surface area contributed by atoms with Gasteiger partial charge in [-0.25, -0.2) is 5.43 Å². The smallest absolute Gasteiger partial charge is 0.242 e. The first kappa shape index (κ1) is 7.31. The van der Waals surface area contributed by atoms with Crippen molar-refractivity contribution >= 4 is 5.91 Å². The Bertz CT molecular complexity index is 284. The molecule has 0 bridgehead atoms. The average molecular weight is 162 g/mol. The van der Waals surface area contributed by atoms with Crippen LogP contribution in [0.4, 0.5) is 0 Å². The second kappa shape index (κ2) is 2.95. The quantitative estimate of drug-likeness (QED) is 0.627. The zero-order chi connectivity index (χ0) is 8.39. The maximum Gasteiger partial charge on any atom is 0.242 e. The normalized spacial score (nSPS) is 22.3. The lowest BCUT2D eigenvalue weighted by Gasteiger charge is -2.04. The lowest BCUT2D eigenvalue weighted by atomic mass is 10.0. The van der Waals surface area contributed by atoms with Crippen LogP contribution in [0.3, 0.4) is 0 Å². The van der Waals surface area contributed by atoms with Crippen molar-refractivity contribution in [2.24, 2.45) is 0 Å². The predicted octanol–water partition coefficient (Wildman–Crippen LogP) is 0.405. The van der Waals surface area contributed by atoms with Gasteiger partial charge in [-0.05, 0) is 5.56 Å². The van der Waals surface area contributed by atoms with Crippen molar-refractivity contribution in [1.82, 2.24) is 10.9 Å². The predicted molar refractivity (Wildman–Crippen MR) is 45.3 cm³/mol. The van der Waals surface area contributed by atoms with Gasteiger partial charge in [0.2, 0.25) is 5.91 Å². The second-order valence-electron chi connectivity index (χ2n) is 2.83. The molecule has 0 spiro atoms. The highest BCUT2D eigenvalue weighted by Gasteiger charge is 2.24. The van der Waals surface area contributed by atoms with Gasteiger partial charge in [-0.1, -0.05) is 30.3 Å². The second-order valence-corrected chi connectivity index (χ2v) is 2.83. The number of amides is 1. The van der Waals surface area contributed by atoms with Gasteiger partial charge in [0, 0.05) is 6.54 Å². The number of rotatable bonds is 1. The summed E-state index contributed by atoms with van der Waals surface area (Å²) in [5, 5.41) is 0. The summed E-state index contributed by atoms with van der Waals surface area (Å²) in [4.78, 5) is 11.2. The van der Waals surface area contributed by atoms with Crippen LogP contribution in [0.1, 0.15) is 11.5 Å². The Labute approximate surface area is 70.8 Å². The van der Waals surface area contributed by atoms with Crippen LogP contribution in [0.25, 0.3) is 0 Å². The minimum Gasteiger partial charge on any atom is -0.291 e. The highest BCUT2D eigenvalue weighted by molar-refractivity contribution is 5.85. The zero-order valence-electron chi connectivity index (χ0n) is 6.58. The van der Waals surface area contributed by atoms with Crippen LogP contribution in [0.5, 0.6) is 0 Å². The highest BCUT2D eigenvalue weighted by Crippen LogP contribution is 2.16. The molecule has 2 rings (SSSR count). The molecule has 1 aromatic carbocycles. The van der Waals surface area contributed by atoms with E-state index >= 15 is 0 Å². The number of hydrogen-bond acceptors (Lipinski definition) is 2. The van der Waals surface area contributed by atoms with Crippen LogP contribution in [0, 0.1) is 0 Å². The van der Waals surface area contributed by atoms with Crippen molar-refractivity contribution in [3.05, 3.63) is 35.9 Å². The monoisotopic (exact) mass is 162 g/mol. The lowest BCUT2D eigenvalue weighted by Crippen LogP contribution is -2.25. The van der Waals surface area contributed by atoms with Gasteiger partial charge in [-0.15, -0.1) is 0 Å². The summed E-state index contributed by atoms with van der Waals surface area (Å²) in [6.07, 6.45) is 0. The third kappa shape index (κ3) is 1.19. The van der Waals surface area contributed by atoms with E-state index in [1.165, 1.54) is 0 Å². The van der Waals surface area contributed by atoms with Gasteiger partial charge in [-0.3, -0.25) is 10.2 Å². The van der Waals surface area contributed by atoms with Crippen LogP contribution in [0.2, 0.25) is 0 Å².